The van der Waals surface area contributed by atoms with Crippen molar-refractivity contribution in [2.24, 2.45) is 0 Å². The van der Waals surface area contributed by atoms with E-state index in [4.69, 9.17) is 10.2 Å². The van der Waals surface area contributed by atoms with Crippen LogP contribution in [0.25, 0.3) is 11.3 Å². The van der Waals surface area contributed by atoms with E-state index in [1.807, 2.05) is 0 Å². The molecule has 0 saturated carbocycles. The zero-order valence-corrected chi connectivity index (χ0v) is 8.77. The number of nitrogens with one attached hydrogen (secondary N) is 1. The molecular formula is C12H10FNO3. The molecule has 0 saturated heterocycles. The Balaban J connectivity index is 2.49. The average Bonchev–Trinajstić information content (AvgIpc) is 2.78. The van der Waals surface area contributed by atoms with E-state index in [-0.39, 0.29) is 16.8 Å². The second-order valence-electron chi connectivity index (χ2n) is 3.53. The maximum absolute atomic E-state index is 13.8. The molecule has 1 aromatic heterocycles. The number of carboxylic acid groups (broad SMARTS) is 1. The first kappa shape index (κ1) is 11.3. The van der Waals surface area contributed by atoms with Crippen LogP contribution in [0.4, 0.5) is 4.39 Å². The normalized spacial score (nSPS) is 10.5. The zero-order chi connectivity index (χ0) is 12.4. The molecule has 0 unspecified atom stereocenters. The van der Waals surface area contributed by atoms with Crippen LogP contribution >= 0.6 is 0 Å². The molecule has 17 heavy (non-hydrogen) atoms. The molecule has 88 valence electrons. The minimum Gasteiger partial charge on any atom is -0.477 e. The second-order valence-corrected chi connectivity index (χ2v) is 3.53. The number of hydrogen-bond acceptors (Lipinski definition) is 2. The molecule has 0 radical (unpaired) electrons. The number of carboxylic acids is 1. The fourth-order valence-corrected chi connectivity index (χ4v) is 1.59. The molecule has 1 heterocycles. The van der Waals surface area contributed by atoms with Gasteiger partial charge in [-0.3, -0.25) is 0 Å². The molecule has 0 aliphatic heterocycles. The van der Waals surface area contributed by atoms with E-state index >= 15 is 0 Å². The first-order chi connectivity index (χ1) is 8.13. The van der Waals surface area contributed by atoms with Crippen molar-refractivity contribution in [2.75, 3.05) is 0 Å². The van der Waals surface area contributed by atoms with Gasteiger partial charge in [-0.15, -0.1) is 0 Å². The number of benzene rings is 1. The Morgan fingerprint density at radius 3 is 2.65 bits per heavy atom. The molecule has 0 aliphatic rings. The third-order valence-corrected chi connectivity index (χ3v) is 2.46. The van der Waals surface area contributed by atoms with Crippen LogP contribution in [0.5, 0.6) is 0 Å². The summed E-state index contributed by atoms with van der Waals surface area (Å²) in [6.45, 7) is -0.397. The first-order valence-corrected chi connectivity index (χ1v) is 4.94. The van der Waals surface area contributed by atoms with Crippen LogP contribution < -0.4 is 0 Å². The van der Waals surface area contributed by atoms with Gasteiger partial charge in [0.15, 0.2) is 0 Å². The summed E-state index contributed by atoms with van der Waals surface area (Å²) >= 11 is 0. The number of H-pyrrole nitrogens is 1. The van der Waals surface area contributed by atoms with Crippen molar-refractivity contribution in [1.82, 2.24) is 4.98 Å². The highest BCUT2D eigenvalue weighted by molar-refractivity contribution is 5.86. The number of aromatic carboxylic acids is 1. The maximum atomic E-state index is 13.8. The van der Waals surface area contributed by atoms with Gasteiger partial charge in [0.25, 0.3) is 0 Å². The SMILES string of the molecule is O=C(O)c1ccc(-c2cccc(CO)c2F)[nH]1. The van der Waals surface area contributed by atoms with Gasteiger partial charge in [-0.25, -0.2) is 9.18 Å². The minimum absolute atomic E-state index is 0.00574. The van der Waals surface area contributed by atoms with Crippen LogP contribution in [0.1, 0.15) is 16.1 Å². The van der Waals surface area contributed by atoms with E-state index in [1.54, 1.807) is 6.07 Å². The molecule has 2 aromatic rings. The predicted molar refractivity (Wildman–Crippen MR) is 59.1 cm³/mol. The molecule has 5 heteroatoms. The van der Waals surface area contributed by atoms with E-state index in [2.05, 4.69) is 4.98 Å². The van der Waals surface area contributed by atoms with Crippen LogP contribution in [-0.2, 0) is 6.61 Å². The Bertz CT molecular complexity index is 563. The van der Waals surface area contributed by atoms with Gasteiger partial charge in [-0.1, -0.05) is 12.1 Å². The summed E-state index contributed by atoms with van der Waals surface area (Å²) in [5, 5.41) is 17.7. The zero-order valence-electron chi connectivity index (χ0n) is 8.77. The first-order valence-electron chi connectivity index (χ1n) is 4.94. The van der Waals surface area contributed by atoms with Crippen molar-refractivity contribution >= 4 is 5.97 Å². The van der Waals surface area contributed by atoms with Gasteiger partial charge in [-0.05, 0) is 18.2 Å². The smallest absolute Gasteiger partial charge is 0.352 e. The number of aromatic nitrogens is 1. The summed E-state index contributed by atoms with van der Waals surface area (Å²) < 4.78 is 13.8. The average molecular weight is 235 g/mol. The summed E-state index contributed by atoms with van der Waals surface area (Å²) in [4.78, 5) is 13.3. The molecule has 0 amide bonds. The quantitative estimate of drug-likeness (QED) is 0.761. The van der Waals surface area contributed by atoms with Gasteiger partial charge >= 0.3 is 5.97 Å². The summed E-state index contributed by atoms with van der Waals surface area (Å²) in [6, 6.07) is 7.45. The molecular weight excluding hydrogens is 225 g/mol. The number of carbonyl (C=O) groups is 1. The maximum Gasteiger partial charge on any atom is 0.352 e. The molecule has 4 nitrogen and oxygen atoms in total. The van der Waals surface area contributed by atoms with Crippen LogP contribution in [0.15, 0.2) is 30.3 Å². The van der Waals surface area contributed by atoms with Crippen LogP contribution in [-0.4, -0.2) is 21.2 Å². The standard InChI is InChI=1S/C12H10FNO3/c13-11-7(6-15)2-1-3-8(11)9-4-5-10(14-9)12(16)17/h1-5,14-15H,6H2,(H,16,17). The van der Waals surface area contributed by atoms with Gasteiger partial charge in [0.05, 0.1) is 6.61 Å². The van der Waals surface area contributed by atoms with Gasteiger partial charge in [0.1, 0.15) is 11.5 Å². The van der Waals surface area contributed by atoms with E-state index in [0.29, 0.717) is 5.69 Å². The molecule has 2 rings (SSSR count). The molecule has 0 spiro atoms. The summed E-state index contributed by atoms with van der Waals surface area (Å²) in [7, 11) is 0. The monoisotopic (exact) mass is 235 g/mol. The molecule has 0 aliphatic carbocycles. The van der Waals surface area contributed by atoms with Crippen molar-refractivity contribution in [3.05, 3.63) is 47.4 Å². The lowest BCUT2D eigenvalue weighted by Crippen LogP contribution is -1.97. The Labute approximate surface area is 96.3 Å². The summed E-state index contributed by atoms with van der Waals surface area (Å²) in [6.07, 6.45) is 0. The molecule has 3 N–H and O–H groups in total. The minimum atomic E-state index is -1.10. The fraction of sp³-hybridized carbons (Fsp3) is 0.0833. The molecule has 0 fully saturated rings. The van der Waals surface area contributed by atoms with Gasteiger partial charge in [0, 0.05) is 16.8 Å². The van der Waals surface area contributed by atoms with Crippen LogP contribution in [0.2, 0.25) is 0 Å². The van der Waals surface area contributed by atoms with Crippen molar-refractivity contribution in [1.29, 1.82) is 0 Å². The van der Waals surface area contributed by atoms with Gasteiger partial charge in [0.2, 0.25) is 0 Å². The third-order valence-electron chi connectivity index (χ3n) is 2.46. The van der Waals surface area contributed by atoms with E-state index in [9.17, 15) is 9.18 Å². The Morgan fingerprint density at radius 2 is 2.06 bits per heavy atom. The van der Waals surface area contributed by atoms with Crippen molar-refractivity contribution in [2.45, 2.75) is 6.61 Å². The molecule has 1 aromatic carbocycles. The Kier molecular flexibility index (Phi) is 2.93. The number of aliphatic hydroxyl groups is 1. The number of aromatic amines is 1. The lowest BCUT2D eigenvalue weighted by molar-refractivity contribution is 0.0691. The number of rotatable bonds is 3. The largest absolute Gasteiger partial charge is 0.477 e. The van der Waals surface area contributed by atoms with Crippen molar-refractivity contribution < 1.29 is 19.4 Å². The van der Waals surface area contributed by atoms with Gasteiger partial charge < -0.3 is 15.2 Å². The van der Waals surface area contributed by atoms with Crippen LogP contribution in [0, 0.1) is 5.82 Å². The van der Waals surface area contributed by atoms with E-state index < -0.39 is 18.4 Å². The van der Waals surface area contributed by atoms with Gasteiger partial charge in [-0.2, -0.15) is 0 Å². The topological polar surface area (TPSA) is 73.3 Å². The Morgan fingerprint density at radius 1 is 1.29 bits per heavy atom. The number of hydrogen-bond donors (Lipinski definition) is 3. The lowest BCUT2D eigenvalue weighted by atomic mass is 10.1. The molecule has 0 atom stereocenters. The molecule has 0 bridgehead atoms. The third kappa shape index (κ3) is 2.05. The van der Waals surface area contributed by atoms with Crippen molar-refractivity contribution in [3.63, 3.8) is 0 Å². The lowest BCUT2D eigenvalue weighted by Gasteiger charge is -2.04. The second kappa shape index (κ2) is 4.39. The highest BCUT2D eigenvalue weighted by Gasteiger charge is 2.12. The number of aliphatic hydroxyl groups excluding tert-OH is 1. The van der Waals surface area contributed by atoms with E-state index in [1.165, 1.54) is 24.3 Å². The van der Waals surface area contributed by atoms with Crippen LogP contribution in [0.3, 0.4) is 0 Å². The Hall–Kier alpha value is -2.14. The highest BCUT2D eigenvalue weighted by atomic mass is 19.1. The van der Waals surface area contributed by atoms with E-state index in [0.717, 1.165) is 0 Å². The highest BCUT2D eigenvalue weighted by Crippen LogP contribution is 2.24. The number of halogens is 1. The van der Waals surface area contributed by atoms with Crippen molar-refractivity contribution in [3.8, 4) is 11.3 Å². The fourth-order valence-electron chi connectivity index (χ4n) is 1.59. The predicted octanol–water partition coefficient (Wildman–Crippen LogP) is 2.01. The summed E-state index contributed by atoms with van der Waals surface area (Å²) in [5.74, 6) is -1.65. The summed E-state index contributed by atoms with van der Waals surface area (Å²) in [5.41, 5.74) is 0.780.